The number of nitrogens with zero attached hydrogens (tertiary/aromatic N) is 2. The van der Waals surface area contributed by atoms with Gasteiger partial charge in [0.05, 0.1) is 21.9 Å². The van der Waals surface area contributed by atoms with Gasteiger partial charge in [0.1, 0.15) is 11.6 Å². The smallest absolute Gasteiger partial charge is 0.281 e. The van der Waals surface area contributed by atoms with Gasteiger partial charge in [-0.3, -0.25) is 19.9 Å². The second-order valence-corrected chi connectivity index (χ2v) is 5.28. The topological polar surface area (TPSA) is 73.1 Å². The van der Waals surface area contributed by atoms with Crippen LogP contribution in [0.2, 0.25) is 0 Å². The van der Waals surface area contributed by atoms with Crippen molar-refractivity contribution in [3.8, 4) is 0 Å². The fourth-order valence-electron chi connectivity index (χ4n) is 2.67. The van der Waals surface area contributed by atoms with Gasteiger partial charge in [0.15, 0.2) is 0 Å². The molecular formula is C15H15FN2O3. The Balaban J connectivity index is 2.87. The largest absolute Gasteiger partial charge is 0.299 e. The van der Waals surface area contributed by atoms with E-state index in [0.29, 0.717) is 0 Å². The second kappa shape index (κ2) is 5.55. The number of benzene rings is 1. The summed E-state index contributed by atoms with van der Waals surface area (Å²) >= 11 is 0. The Morgan fingerprint density at radius 1 is 1.43 bits per heavy atom. The lowest BCUT2D eigenvalue weighted by molar-refractivity contribution is -0.383. The van der Waals surface area contributed by atoms with Crippen molar-refractivity contribution < 1.29 is 14.1 Å². The monoisotopic (exact) mass is 290 g/mol. The molecule has 2 rings (SSSR count). The van der Waals surface area contributed by atoms with Gasteiger partial charge in [0, 0.05) is 17.7 Å². The number of carbonyl (C=O) groups excluding carboxylic acids is 1. The molecule has 0 saturated carbocycles. The van der Waals surface area contributed by atoms with Gasteiger partial charge < -0.3 is 0 Å². The first-order chi connectivity index (χ1) is 9.84. The Hall–Kier alpha value is -2.37. The van der Waals surface area contributed by atoms with E-state index in [1.165, 1.54) is 19.2 Å². The molecule has 0 aliphatic carbocycles. The van der Waals surface area contributed by atoms with E-state index in [2.05, 4.69) is 4.98 Å². The molecule has 1 unspecified atom stereocenters. The van der Waals surface area contributed by atoms with Crippen LogP contribution in [0.5, 0.6) is 0 Å². The zero-order valence-electron chi connectivity index (χ0n) is 12.0. The zero-order chi connectivity index (χ0) is 15.7. The molecule has 1 aromatic carbocycles. The number of aromatic nitrogens is 1. The third kappa shape index (κ3) is 2.61. The number of rotatable bonds is 4. The quantitative estimate of drug-likeness (QED) is 0.637. The molecule has 1 heterocycles. The summed E-state index contributed by atoms with van der Waals surface area (Å²) in [6, 6.07) is 3.94. The molecule has 2 aromatic rings. The molecule has 0 aliphatic heterocycles. The molecule has 0 aliphatic rings. The molecule has 5 nitrogen and oxygen atoms in total. The number of non-ortho nitro benzene ring substituents is 1. The molecule has 0 fully saturated rings. The zero-order valence-corrected chi connectivity index (χ0v) is 12.0. The summed E-state index contributed by atoms with van der Waals surface area (Å²) in [6.07, 6.45) is 1.44. The first-order valence-corrected chi connectivity index (χ1v) is 6.56. The van der Waals surface area contributed by atoms with Crippen molar-refractivity contribution in [2.24, 2.45) is 5.92 Å². The lowest BCUT2D eigenvalue weighted by atomic mass is 9.83. The van der Waals surface area contributed by atoms with Gasteiger partial charge in [-0.2, -0.15) is 0 Å². The summed E-state index contributed by atoms with van der Waals surface area (Å²) in [5.74, 6) is -1.77. The van der Waals surface area contributed by atoms with Crippen LogP contribution in [0.15, 0.2) is 24.4 Å². The number of hydrogen-bond acceptors (Lipinski definition) is 4. The van der Waals surface area contributed by atoms with Gasteiger partial charge in [-0.05, 0) is 25.0 Å². The number of halogens is 1. The Morgan fingerprint density at radius 2 is 2.10 bits per heavy atom. The number of hydrogen-bond donors (Lipinski definition) is 0. The molecule has 0 bridgehead atoms. The van der Waals surface area contributed by atoms with E-state index in [4.69, 9.17) is 0 Å². The minimum Gasteiger partial charge on any atom is -0.299 e. The number of Topliss-reactive ketones (excluding diaryl/α,β-unsaturated/α-hetero) is 1. The number of nitro groups is 1. The van der Waals surface area contributed by atoms with Crippen molar-refractivity contribution in [2.45, 2.75) is 26.7 Å². The van der Waals surface area contributed by atoms with E-state index >= 15 is 0 Å². The maximum absolute atomic E-state index is 14.4. The van der Waals surface area contributed by atoms with E-state index < -0.39 is 16.7 Å². The second-order valence-electron chi connectivity index (χ2n) is 5.28. The number of nitro benzene ring substituents is 1. The molecular weight excluding hydrogens is 275 g/mol. The number of fused-ring (bicyclic) bond motifs is 1. The van der Waals surface area contributed by atoms with Crippen LogP contribution in [0.1, 0.15) is 32.3 Å². The van der Waals surface area contributed by atoms with E-state index in [-0.39, 0.29) is 33.9 Å². The maximum atomic E-state index is 14.4. The Labute approximate surface area is 121 Å². The van der Waals surface area contributed by atoms with Crippen molar-refractivity contribution in [1.29, 1.82) is 0 Å². The van der Waals surface area contributed by atoms with Gasteiger partial charge >= 0.3 is 0 Å². The summed E-state index contributed by atoms with van der Waals surface area (Å²) in [6.45, 7) is 5.00. The van der Waals surface area contributed by atoms with Crippen LogP contribution in [0.4, 0.5) is 10.1 Å². The molecule has 0 N–H and O–H groups in total. The van der Waals surface area contributed by atoms with Crippen LogP contribution in [-0.2, 0) is 4.79 Å². The first kappa shape index (κ1) is 15.0. The molecule has 0 radical (unpaired) electrons. The molecule has 0 saturated heterocycles. The van der Waals surface area contributed by atoms with Gasteiger partial charge in [-0.1, -0.05) is 13.8 Å². The molecule has 1 atom stereocenters. The van der Waals surface area contributed by atoms with E-state index in [9.17, 15) is 19.3 Å². The minimum atomic E-state index is -0.762. The standard InChI is InChI=1S/C15H15FN2O3/c1-8(2)13(9(3)19)14-11(16)7-12(18(20)21)10-5-4-6-17-15(10)14/h4-8,13H,1-3H3. The van der Waals surface area contributed by atoms with Crippen molar-refractivity contribution in [3.63, 3.8) is 0 Å². The summed E-state index contributed by atoms with van der Waals surface area (Å²) in [5.41, 5.74) is -0.0257. The molecule has 0 amide bonds. The molecule has 0 spiro atoms. The van der Waals surface area contributed by atoms with Gasteiger partial charge in [0.25, 0.3) is 5.69 Å². The SMILES string of the molecule is CC(=O)C(c1c(F)cc([N+](=O)[O-])c2cccnc12)C(C)C. The molecule has 6 heteroatoms. The number of carbonyl (C=O) groups is 1. The van der Waals surface area contributed by atoms with Gasteiger partial charge in [0.2, 0.25) is 0 Å². The minimum absolute atomic E-state index is 0.135. The highest BCUT2D eigenvalue weighted by Gasteiger charge is 2.29. The molecule has 1 aromatic heterocycles. The molecule has 110 valence electrons. The van der Waals surface area contributed by atoms with E-state index in [1.807, 2.05) is 13.8 Å². The number of pyridine rings is 1. The lowest BCUT2D eigenvalue weighted by Crippen LogP contribution is -2.18. The van der Waals surface area contributed by atoms with Crippen LogP contribution in [0, 0.1) is 21.8 Å². The Bertz CT molecular complexity index is 728. The molecule has 21 heavy (non-hydrogen) atoms. The van der Waals surface area contributed by atoms with Crippen molar-refractivity contribution >= 4 is 22.4 Å². The highest BCUT2D eigenvalue weighted by molar-refractivity contribution is 5.95. The predicted octanol–water partition coefficient (Wildman–Crippen LogP) is 3.61. The van der Waals surface area contributed by atoms with E-state index in [0.717, 1.165) is 6.07 Å². The third-order valence-corrected chi connectivity index (χ3v) is 3.47. The normalized spacial score (nSPS) is 12.6. The summed E-state index contributed by atoms with van der Waals surface area (Å²) in [4.78, 5) is 26.4. The van der Waals surface area contributed by atoms with Gasteiger partial charge in [-0.15, -0.1) is 0 Å². The first-order valence-electron chi connectivity index (χ1n) is 6.56. The Morgan fingerprint density at radius 3 is 2.62 bits per heavy atom. The fourth-order valence-corrected chi connectivity index (χ4v) is 2.67. The maximum Gasteiger partial charge on any atom is 0.281 e. The van der Waals surface area contributed by atoms with Crippen LogP contribution < -0.4 is 0 Å². The van der Waals surface area contributed by atoms with Crippen LogP contribution in [-0.4, -0.2) is 15.7 Å². The van der Waals surface area contributed by atoms with Crippen LogP contribution in [0.3, 0.4) is 0 Å². The van der Waals surface area contributed by atoms with Crippen molar-refractivity contribution in [3.05, 3.63) is 45.9 Å². The van der Waals surface area contributed by atoms with Crippen LogP contribution in [0.25, 0.3) is 10.9 Å². The highest BCUT2D eigenvalue weighted by Crippen LogP contribution is 2.36. The number of ketones is 1. The van der Waals surface area contributed by atoms with Crippen LogP contribution >= 0.6 is 0 Å². The third-order valence-electron chi connectivity index (χ3n) is 3.47. The average molecular weight is 290 g/mol. The Kier molecular flexibility index (Phi) is 3.97. The van der Waals surface area contributed by atoms with Gasteiger partial charge in [-0.25, -0.2) is 4.39 Å². The summed E-state index contributed by atoms with van der Waals surface area (Å²) in [7, 11) is 0. The summed E-state index contributed by atoms with van der Waals surface area (Å²) < 4.78 is 14.4. The lowest BCUT2D eigenvalue weighted by Gasteiger charge is -2.20. The predicted molar refractivity (Wildman–Crippen MR) is 76.6 cm³/mol. The summed E-state index contributed by atoms with van der Waals surface area (Å²) in [5, 5.41) is 11.3. The fraction of sp³-hybridized carbons (Fsp3) is 0.333. The van der Waals surface area contributed by atoms with E-state index in [1.54, 1.807) is 6.07 Å². The van der Waals surface area contributed by atoms with Crippen molar-refractivity contribution in [2.75, 3.05) is 0 Å². The average Bonchev–Trinajstić information content (AvgIpc) is 2.40. The highest BCUT2D eigenvalue weighted by atomic mass is 19.1. The van der Waals surface area contributed by atoms with Crippen molar-refractivity contribution in [1.82, 2.24) is 4.98 Å².